The van der Waals surface area contributed by atoms with Gasteiger partial charge in [0.2, 0.25) is 0 Å². The number of allylic oxidation sites excluding steroid dienone is 4. The van der Waals surface area contributed by atoms with E-state index in [1.54, 1.807) is 5.57 Å². The fourth-order valence-corrected chi connectivity index (χ4v) is 8.94. The molecular weight excluding hydrogens is 495 g/mol. The molecule has 0 saturated heterocycles. The van der Waals surface area contributed by atoms with Crippen molar-refractivity contribution in [2.75, 3.05) is 0 Å². The van der Waals surface area contributed by atoms with Crippen LogP contribution in [-0.2, 0) is 21.7 Å². The molecule has 3 rings (SSSR count). The summed E-state index contributed by atoms with van der Waals surface area (Å²) in [5, 5.41) is 4.55. The Balaban J connectivity index is 0. The first-order valence-electron chi connectivity index (χ1n) is 10.2. The van der Waals surface area contributed by atoms with E-state index in [1.807, 2.05) is 0 Å². The van der Waals surface area contributed by atoms with Gasteiger partial charge in [0.15, 0.2) is 0 Å². The molecule has 0 radical (unpaired) electrons. The minimum atomic E-state index is -2.10. The van der Waals surface area contributed by atoms with E-state index in [-0.39, 0.29) is 58.9 Å². The third-order valence-electron chi connectivity index (χ3n) is 6.13. The van der Waals surface area contributed by atoms with Crippen molar-refractivity contribution in [2.24, 2.45) is 5.92 Å². The van der Waals surface area contributed by atoms with Gasteiger partial charge in [-0.05, 0) is 27.7 Å². The molecule has 1 aliphatic rings. The largest absolute Gasteiger partial charge is 4.00 e. The summed E-state index contributed by atoms with van der Waals surface area (Å²) in [7, 11) is -2.10. The van der Waals surface area contributed by atoms with Gasteiger partial charge in [0.25, 0.3) is 0 Å². The predicted octanol–water partition coefficient (Wildman–Crippen LogP) is -3.23. The maximum Gasteiger partial charge on any atom is 4.00 e. The van der Waals surface area contributed by atoms with Crippen molar-refractivity contribution in [3.63, 3.8) is 0 Å². The van der Waals surface area contributed by atoms with Crippen LogP contribution in [-0.4, -0.2) is 8.07 Å². The average Bonchev–Trinajstić information content (AvgIpc) is 3.08. The van der Waals surface area contributed by atoms with Crippen molar-refractivity contribution in [1.29, 1.82) is 0 Å². The quantitative estimate of drug-likeness (QED) is 0.284. The van der Waals surface area contributed by atoms with Gasteiger partial charge in [-0.25, -0.2) is 5.20 Å². The SMILES string of the molecule is CCC(C)C1=CC[C-]=C1[Si](C)(c1cc(C)cc(C)c1)c1cc(C)cc(C)c1.[Cl-].[Cl-].[Cl-].[Ti+4]. The molecule has 5 heteroatoms. The van der Waals surface area contributed by atoms with Crippen molar-refractivity contribution in [1.82, 2.24) is 0 Å². The van der Waals surface area contributed by atoms with E-state index in [2.05, 4.69) is 96.6 Å². The molecular formula is C26H33Cl3SiTi. The second kappa shape index (κ2) is 13.4. The first kappa shape index (κ1) is 32.9. The van der Waals surface area contributed by atoms with Crippen LogP contribution in [0.2, 0.25) is 6.55 Å². The summed E-state index contributed by atoms with van der Waals surface area (Å²) in [6, 6.07) is 14.3. The fourth-order valence-electron chi connectivity index (χ4n) is 4.58. The summed E-state index contributed by atoms with van der Waals surface area (Å²) in [5.74, 6) is 0.596. The molecule has 0 heterocycles. The zero-order valence-electron chi connectivity index (χ0n) is 19.7. The first-order chi connectivity index (χ1) is 12.8. The Morgan fingerprint density at radius 2 is 1.19 bits per heavy atom. The van der Waals surface area contributed by atoms with Gasteiger partial charge in [-0.15, -0.1) is 6.42 Å². The van der Waals surface area contributed by atoms with Crippen LogP contribution in [0.25, 0.3) is 0 Å². The number of hydrogen-bond acceptors (Lipinski definition) is 0. The molecule has 2 aromatic carbocycles. The number of halogens is 3. The van der Waals surface area contributed by atoms with Crippen molar-refractivity contribution in [3.05, 3.63) is 81.6 Å². The van der Waals surface area contributed by atoms with E-state index in [0.29, 0.717) is 5.92 Å². The van der Waals surface area contributed by atoms with Crippen molar-refractivity contribution in [2.45, 2.75) is 60.9 Å². The predicted molar refractivity (Wildman–Crippen MR) is 122 cm³/mol. The van der Waals surface area contributed by atoms with Gasteiger partial charge < -0.3 is 37.2 Å². The van der Waals surface area contributed by atoms with E-state index in [4.69, 9.17) is 0 Å². The zero-order chi connectivity index (χ0) is 19.8. The van der Waals surface area contributed by atoms with Gasteiger partial charge in [-0.1, -0.05) is 102 Å². The Hall–Kier alpha value is -0.279. The summed E-state index contributed by atoms with van der Waals surface area (Å²) in [5.41, 5.74) is 6.99. The van der Waals surface area contributed by atoms with Crippen molar-refractivity contribution >= 4 is 18.4 Å². The van der Waals surface area contributed by atoms with E-state index < -0.39 is 8.07 Å². The third-order valence-corrected chi connectivity index (χ3v) is 10.5. The first-order valence-corrected chi connectivity index (χ1v) is 12.7. The van der Waals surface area contributed by atoms with Crippen molar-refractivity contribution in [3.8, 4) is 0 Å². The Labute approximate surface area is 224 Å². The second-order valence-electron chi connectivity index (χ2n) is 8.60. The summed E-state index contributed by atoms with van der Waals surface area (Å²) in [6.07, 6.45) is 8.40. The molecule has 31 heavy (non-hydrogen) atoms. The summed E-state index contributed by atoms with van der Waals surface area (Å²) in [4.78, 5) is 0. The molecule has 0 spiro atoms. The van der Waals surface area contributed by atoms with Gasteiger partial charge in [-0.3, -0.25) is 6.08 Å². The van der Waals surface area contributed by atoms with Crippen LogP contribution in [0.4, 0.5) is 0 Å². The molecule has 0 aromatic heterocycles. The van der Waals surface area contributed by atoms with E-state index in [0.717, 1.165) is 6.42 Å². The van der Waals surface area contributed by atoms with Crippen LogP contribution in [0.1, 0.15) is 48.9 Å². The normalized spacial score (nSPS) is 13.5. The van der Waals surface area contributed by atoms with Crippen LogP contribution >= 0.6 is 0 Å². The molecule has 166 valence electrons. The number of rotatable bonds is 5. The van der Waals surface area contributed by atoms with Gasteiger partial charge in [-0.2, -0.15) is 11.6 Å². The van der Waals surface area contributed by atoms with E-state index in [1.165, 1.54) is 44.2 Å². The van der Waals surface area contributed by atoms with Gasteiger partial charge >= 0.3 is 21.7 Å². The molecule has 0 nitrogen and oxygen atoms in total. The minimum absolute atomic E-state index is 0. The molecule has 0 amide bonds. The summed E-state index contributed by atoms with van der Waals surface area (Å²) >= 11 is 0. The van der Waals surface area contributed by atoms with Crippen LogP contribution in [0.5, 0.6) is 0 Å². The minimum Gasteiger partial charge on any atom is -1.00 e. The van der Waals surface area contributed by atoms with Gasteiger partial charge in [0.05, 0.1) is 0 Å². The smallest absolute Gasteiger partial charge is 1.00 e. The average molecular weight is 528 g/mol. The Morgan fingerprint density at radius 1 is 0.806 bits per heavy atom. The Bertz CT molecular complexity index is 842. The molecule has 1 atom stereocenters. The van der Waals surface area contributed by atoms with Gasteiger partial charge in [0.1, 0.15) is 8.07 Å². The molecule has 2 aromatic rings. The molecule has 0 fully saturated rings. The number of benzene rings is 2. The zero-order valence-corrected chi connectivity index (χ0v) is 24.5. The van der Waals surface area contributed by atoms with Crippen molar-refractivity contribution < 1.29 is 58.9 Å². The van der Waals surface area contributed by atoms with Gasteiger partial charge in [0, 0.05) is 0 Å². The summed E-state index contributed by atoms with van der Waals surface area (Å²) < 4.78 is 0. The van der Waals surface area contributed by atoms with Crippen LogP contribution in [0, 0.1) is 39.7 Å². The van der Waals surface area contributed by atoms with E-state index in [9.17, 15) is 0 Å². The monoisotopic (exact) mass is 526 g/mol. The van der Waals surface area contributed by atoms with Crippen LogP contribution in [0.3, 0.4) is 0 Å². The topological polar surface area (TPSA) is 0 Å². The molecule has 1 unspecified atom stereocenters. The standard InChI is InChI=1S/C26H33Si.3ClH.Ti/c1-8-22(6)25-10-9-11-26(25)27(7,23-14-18(2)12-19(3)15-23)24-16-20(4)13-21(5)17-24;;;;/h10,12-17,22H,8-9H2,1-7H3;3*1H;/q-1;;;;+4/p-3. The molecule has 0 bridgehead atoms. The third kappa shape index (κ3) is 6.86. The maximum atomic E-state index is 3.82. The van der Waals surface area contributed by atoms with E-state index >= 15 is 0 Å². The van der Waals surface area contributed by atoms with Crippen LogP contribution < -0.4 is 47.6 Å². The Morgan fingerprint density at radius 3 is 1.55 bits per heavy atom. The fraction of sp³-hybridized carbons (Fsp3) is 0.385. The molecule has 0 aliphatic heterocycles. The molecule has 0 N–H and O–H groups in total. The van der Waals surface area contributed by atoms with Crippen LogP contribution in [0.15, 0.2) is 53.2 Å². The number of hydrogen-bond donors (Lipinski definition) is 0. The Kier molecular flexibility index (Phi) is 14.3. The molecule has 1 aliphatic carbocycles. The summed E-state index contributed by atoms with van der Waals surface area (Å²) in [6.45, 7) is 16.1. The molecule has 0 saturated carbocycles. The maximum absolute atomic E-state index is 3.82. The number of aryl methyl sites for hydroxylation is 4. The second-order valence-corrected chi connectivity index (χ2v) is 12.5.